The number of carbonyl (C=O) groups is 2. The van der Waals surface area contributed by atoms with Crippen molar-refractivity contribution in [3.8, 4) is 0 Å². The average Bonchev–Trinajstić information content (AvgIpc) is 3.05. The first kappa shape index (κ1) is 19.3. The average molecular weight is 410 g/mol. The van der Waals surface area contributed by atoms with Gasteiger partial charge in [0.2, 0.25) is 0 Å². The number of aryl methyl sites for hydroxylation is 1. The Morgan fingerprint density at radius 3 is 2.72 bits per heavy atom. The largest absolute Gasteiger partial charge is 0.365 e. The van der Waals surface area contributed by atoms with E-state index in [1.54, 1.807) is 31.2 Å². The molecule has 0 saturated carbocycles. The molecule has 1 aromatic carbocycles. The molecule has 150 valence electrons. The highest BCUT2D eigenvalue weighted by Crippen LogP contribution is 2.39. The summed E-state index contributed by atoms with van der Waals surface area (Å²) in [7, 11) is 0. The maximum Gasteiger partial charge on any atom is 0.277 e. The van der Waals surface area contributed by atoms with Gasteiger partial charge < -0.3 is 11.1 Å². The Morgan fingerprint density at radius 2 is 2.03 bits per heavy atom. The Morgan fingerprint density at radius 1 is 1.31 bits per heavy atom. The van der Waals surface area contributed by atoms with Crippen LogP contribution < -0.4 is 16.6 Å². The van der Waals surface area contributed by atoms with Crippen LogP contribution in [0.1, 0.15) is 51.6 Å². The maximum absolute atomic E-state index is 13.1. The summed E-state index contributed by atoms with van der Waals surface area (Å²) < 4.78 is 1.27. The molecule has 0 spiro atoms. The van der Waals surface area contributed by atoms with Crippen molar-refractivity contribution in [2.24, 2.45) is 11.7 Å². The number of nitrogens with one attached hydrogen (secondary N) is 1. The molecule has 2 aromatic heterocycles. The van der Waals surface area contributed by atoms with Gasteiger partial charge in [-0.1, -0.05) is 25.1 Å². The summed E-state index contributed by atoms with van der Waals surface area (Å²) in [5.41, 5.74) is 6.91. The molecule has 0 aliphatic heterocycles. The molecular formula is C21H22N4O3S. The van der Waals surface area contributed by atoms with E-state index in [9.17, 15) is 14.4 Å². The molecule has 2 amide bonds. The highest BCUT2D eigenvalue weighted by atomic mass is 32.1. The predicted octanol–water partition coefficient (Wildman–Crippen LogP) is 2.95. The number of anilines is 1. The molecule has 1 unspecified atom stereocenters. The summed E-state index contributed by atoms with van der Waals surface area (Å²) in [4.78, 5) is 38.9. The standard InChI is InChI=1S/C21H22N4O3S/c1-3-25-21(28)13-7-5-4-6-12(13)17(24-25)19(27)23-20-16(18(22)26)14-9-8-11(2)10-15(14)29-20/h4-7,11H,3,8-10H2,1-2H3,(H2,22,26)(H,23,27). The fraction of sp³-hybridized carbons (Fsp3) is 0.333. The zero-order valence-corrected chi connectivity index (χ0v) is 17.1. The Bertz CT molecular complexity index is 1190. The number of rotatable bonds is 4. The Balaban J connectivity index is 1.79. The lowest BCUT2D eigenvalue weighted by molar-refractivity contribution is 0.1000. The summed E-state index contributed by atoms with van der Waals surface area (Å²) >= 11 is 1.41. The van der Waals surface area contributed by atoms with Crippen molar-refractivity contribution >= 4 is 38.9 Å². The van der Waals surface area contributed by atoms with Gasteiger partial charge in [-0.2, -0.15) is 5.10 Å². The summed E-state index contributed by atoms with van der Waals surface area (Å²) in [6.07, 6.45) is 2.64. The number of fused-ring (bicyclic) bond motifs is 2. The molecule has 4 rings (SSSR count). The molecular weight excluding hydrogens is 388 g/mol. The van der Waals surface area contributed by atoms with Gasteiger partial charge in [-0.05, 0) is 43.7 Å². The van der Waals surface area contributed by atoms with Gasteiger partial charge in [0.05, 0.1) is 10.9 Å². The van der Waals surface area contributed by atoms with Crippen LogP contribution in [-0.2, 0) is 19.4 Å². The van der Waals surface area contributed by atoms with Gasteiger partial charge in [-0.25, -0.2) is 4.68 Å². The summed E-state index contributed by atoms with van der Waals surface area (Å²) in [5.74, 6) is -0.467. The summed E-state index contributed by atoms with van der Waals surface area (Å²) in [6, 6.07) is 6.90. The number of benzene rings is 1. The lowest BCUT2D eigenvalue weighted by atomic mass is 9.88. The van der Waals surface area contributed by atoms with Gasteiger partial charge >= 0.3 is 0 Å². The molecule has 3 N–H and O–H groups in total. The highest BCUT2D eigenvalue weighted by molar-refractivity contribution is 7.17. The first-order valence-electron chi connectivity index (χ1n) is 9.66. The second-order valence-corrected chi connectivity index (χ2v) is 8.49. The Kier molecular flexibility index (Phi) is 4.96. The zero-order valence-electron chi connectivity index (χ0n) is 16.3. The molecule has 2 heterocycles. The van der Waals surface area contributed by atoms with E-state index < -0.39 is 11.8 Å². The number of hydrogen-bond donors (Lipinski definition) is 2. The van der Waals surface area contributed by atoms with E-state index in [4.69, 9.17) is 5.73 Å². The lowest BCUT2D eigenvalue weighted by Gasteiger charge is -2.18. The minimum Gasteiger partial charge on any atom is -0.365 e. The summed E-state index contributed by atoms with van der Waals surface area (Å²) in [5, 5.41) is 8.48. The fourth-order valence-electron chi connectivity index (χ4n) is 3.88. The Hall–Kier alpha value is -3.00. The molecule has 1 aliphatic carbocycles. The van der Waals surface area contributed by atoms with Crippen LogP contribution in [0.4, 0.5) is 5.00 Å². The van der Waals surface area contributed by atoms with Crippen LogP contribution in [-0.4, -0.2) is 21.6 Å². The maximum atomic E-state index is 13.1. The third-order valence-corrected chi connectivity index (χ3v) is 6.54. The molecule has 0 bridgehead atoms. The van der Waals surface area contributed by atoms with Crippen LogP contribution in [0.5, 0.6) is 0 Å². The third-order valence-electron chi connectivity index (χ3n) is 5.37. The first-order chi connectivity index (χ1) is 13.9. The SMILES string of the molecule is CCn1nc(C(=O)Nc2sc3c(c2C(N)=O)CCC(C)C3)c2ccccc2c1=O. The molecule has 0 fully saturated rings. The molecule has 1 atom stereocenters. The lowest BCUT2D eigenvalue weighted by Crippen LogP contribution is -2.27. The minimum atomic E-state index is -0.538. The normalized spacial score (nSPS) is 15.9. The Labute approximate surface area is 171 Å². The quantitative estimate of drug-likeness (QED) is 0.689. The number of nitrogens with two attached hydrogens (primary N) is 1. The van der Waals surface area contributed by atoms with E-state index in [0.717, 1.165) is 29.7 Å². The van der Waals surface area contributed by atoms with E-state index >= 15 is 0 Å². The van der Waals surface area contributed by atoms with Crippen molar-refractivity contribution in [1.82, 2.24) is 9.78 Å². The number of nitrogens with zero attached hydrogens (tertiary/aromatic N) is 2. The molecule has 0 saturated heterocycles. The van der Waals surface area contributed by atoms with Crippen molar-refractivity contribution in [1.29, 1.82) is 0 Å². The highest BCUT2D eigenvalue weighted by Gasteiger charge is 2.28. The van der Waals surface area contributed by atoms with Crippen molar-refractivity contribution in [3.05, 3.63) is 56.3 Å². The van der Waals surface area contributed by atoms with Gasteiger partial charge in [-0.15, -0.1) is 11.3 Å². The molecule has 29 heavy (non-hydrogen) atoms. The second kappa shape index (κ2) is 7.44. The van der Waals surface area contributed by atoms with Crippen molar-refractivity contribution in [2.45, 2.75) is 39.7 Å². The zero-order chi connectivity index (χ0) is 20.7. The van der Waals surface area contributed by atoms with Crippen LogP contribution >= 0.6 is 11.3 Å². The molecule has 8 heteroatoms. The van der Waals surface area contributed by atoms with Gasteiger partial charge in [0.1, 0.15) is 5.00 Å². The first-order valence-corrected chi connectivity index (χ1v) is 10.5. The fourth-order valence-corrected chi connectivity index (χ4v) is 5.29. The number of thiophene rings is 1. The molecule has 7 nitrogen and oxygen atoms in total. The van der Waals surface area contributed by atoms with E-state index in [0.29, 0.717) is 33.8 Å². The predicted molar refractivity (Wildman–Crippen MR) is 114 cm³/mol. The molecule has 3 aromatic rings. The van der Waals surface area contributed by atoms with E-state index in [2.05, 4.69) is 17.3 Å². The third kappa shape index (κ3) is 3.33. The number of aromatic nitrogens is 2. The van der Waals surface area contributed by atoms with E-state index in [1.807, 2.05) is 0 Å². The van der Waals surface area contributed by atoms with E-state index in [1.165, 1.54) is 16.0 Å². The molecule has 1 aliphatic rings. The van der Waals surface area contributed by atoms with E-state index in [-0.39, 0.29) is 11.3 Å². The van der Waals surface area contributed by atoms with Crippen molar-refractivity contribution < 1.29 is 9.59 Å². The second-order valence-electron chi connectivity index (χ2n) is 7.39. The topological polar surface area (TPSA) is 107 Å². The van der Waals surface area contributed by atoms with Crippen LogP contribution in [0.3, 0.4) is 0 Å². The smallest absolute Gasteiger partial charge is 0.277 e. The van der Waals surface area contributed by atoms with Gasteiger partial charge in [0.15, 0.2) is 5.69 Å². The van der Waals surface area contributed by atoms with Gasteiger partial charge in [-0.3, -0.25) is 14.4 Å². The van der Waals surface area contributed by atoms with Crippen LogP contribution in [0.15, 0.2) is 29.1 Å². The number of amides is 2. The minimum absolute atomic E-state index is 0.150. The van der Waals surface area contributed by atoms with Gasteiger partial charge in [0, 0.05) is 16.8 Å². The molecule has 0 radical (unpaired) electrons. The number of carbonyl (C=O) groups excluding carboxylic acids is 2. The van der Waals surface area contributed by atoms with Crippen molar-refractivity contribution in [3.63, 3.8) is 0 Å². The van der Waals surface area contributed by atoms with Crippen LogP contribution in [0.25, 0.3) is 10.8 Å². The number of hydrogen-bond acceptors (Lipinski definition) is 5. The van der Waals surface area contributed by atoms with Gasteiger partial charge in [0.25, 0.3) is 17.4 Å². The van der Waals surface area contributed by atoms with Crippen LogP contribution in [0, 0.1) is 5.92 Å². The van der Waals surface area contributed by atoms with Crippen molar-refractivity contribution in [2.75, 3.05) is 5.32 Å². The summed E-state index contributed by atoms with van der Waals surface area (Å²) in [6.45, 7) is 4.32. The van der Waals surface area contributed by atoms with Crippen LogP contribution in [0.2, 0.25) is 0 Å². The monoisotopic (exact) mass is 410 g/mol. The number of primary amides is 1.